The van der Waals surface area contributed by atoms with Crippen LogP contribution in [0.5, 0.6) is 0 Å². The number of alkyl halides is 3. The SMILES string of the molecule is CCNC(=O)Nc1ccc(-c2nc3c(c(N4CCOC[C@@H]4C)n2)CCN([S+]([O-])C(F)(F)F)C3)cc1. The van der Waals surface area contributed by atoms with Crippen LogP contribution in [0.25, 0.3) is 11.4 Å². The van der Waals surface area contributed by atoms with E-state index in [1.807, 2.05) is 13.8 Å². The lowest BCUT2D eigenvalue weighted by Gasteiger charge is -2.37. The van der Waals surface area contributed by atoms with Gasteiger partial charge in [-0.2, -0.15) is 0 Å². The van der Waals surface area contributed by atoms with Gasteiger partial charge in [0.05, 0.1) is 31.5 Å². The molecule has 0 saturated carbocycles. The van der Waals surface area contributed by atoms with Gasteiger partial charge in [-0.15, -0.1) is 17.5 Å². The van der Waals surface area contributed by atoms with Gasteiger partial charge in [0, 0.05) is 36.4 Å². The number of carbonyl (C=O) groups excluding carboxylic acids is 1. The molecule has 1 saturated heterocycles. The zero-order valence-corrected chi connectivity index (χ0v) is 20.2. The maximum atomic E-state index is 13.1. The summed E-state index contributed by atoms with van der Waals surface area (Å²) in [6.45, 7) is 5.73. The Morgan fingerprint density at radius 3 is 2.66 bits per heavy atom. The van der Waals surface area contributed by atoms with Crippen molar-refractivity contribution < 1.29 is 27.3 Å². The van der Waals surface area contributed by atoms with Gasteiger partial charge in [0.2, 0.25) is 0 Å². The highest BCUT2D eigenvalue weighted by atomic mass is 32.2. The summed E-state index contributed by atoms with van der Waals surface area (Å²) in [5.74, 6) is 1.02. The zero-order valence-electron chi connectivity index (χ0n) is 19.4. The average Bonchev–Trinajstić information content (AvgIpc) is 2.83. The highest BCUT2D eigenvalue weighted by molar-refractivity contribution is 7.89. The quantitative estimate of drug-likeness (QED) is 0.594. The molecular weight excluding hydrogens is 485 g/mol. The Balaban J connectivity index is 1.69. The number of hydrogen-bond acceptors (Lipinski definition) is 7. The van der Waals surface area contributed by atoms with Crippen LogP contribution in [0.1, 0.15) is 25.1 Å². The topological polar surface area (TPSA) is 106 Å². The molecule has 190 valence electrons. The summed E-state index contributed by atoms with van der Waals surface area (Å²) in [4.78, 5) is 23.3. The van der Waals surface area contributed by atoms with Crippen LogP contribution in [-0.4, -0.2) is 69.3 Å². The fraction of sp³-hybridized carbons (Fsp3) is 0.500. The number of hydrogen-bond donors (Lipinski definition) is 2. The molecule has 1 aromatic carbocycles. The van der Waals surface area contributed by atoms with Crippen molar-refractivity contribution in [2.45, 2.75) is 38.4 Å². The van der Waals surface area contributed by atoms with E-state index < -0.39 is 16.9 Å². The number of halogens is 3. The highest BCUT2D eigenvalue weighted by Crippen LogP contribution is 2.35. The monoisotopic (exact) mass is 512 g/mol. The second kappa shape index (κ2) is 10.6. The maximum absolute atomic E-state index is 13.1. The van der Waals surface area contributed by atoms with E-state index in [1.54, 1.807) is 24.3 Å². The van der Waals surface area contributed by atoms with Gasteiger partial charge in [0.1, 0.15) is 5.82 Å². The number of aromatic nitrogens is 2. The lowest BCUT2D eigenvalue weighted by Crippen LogP contribution is -2.47. The van der Waals surface area contributed by atoms with Crippen molar-refractivity contribution in [3.63, 3.8) is 0 Å². The summed E-state index contributed by atoms with van der Waals surface area (Å²) in [7, 11) is 0. The van der Waals surface area contributed by atoms with Gasteiger partial charge < -0.3 is 24.8 Å². The summed E-state index contributed by atoms with van der Waals surface area (Å²) in [5, 5.41) is 5.36. The third-order valence-electron chi connectivity index (χ3n) is 5.82. The third kappa shape index (κ3) is 5.80. The Morgan fingerprint density at radius 1 is 1.26 bits per heavy atom. The summed E-state index contributed by atoms with van der Waals surface area (Å²) in [5.41, 5.74) is -2.41. The van der Waals surface area contributed by atoms with Crippen molar-refractivity contribution >= 4 is 28.9 Å². The average molecular weight is 513 g/mol. The minimum Gasteiger partial charge on any atom is -0.591 e. The van der Waals surface area contributed by atoms with Crippen LogP contribution in [0.2, 0.25) is 0 Å². The minimum absolute atomic E-state index is 0.00621. The predicted octanol–water partition coefficient (Wildman–Crippen LogP) is 3.05. The van der Waals surface area contributed by atoms with E-state index in [2.05, 4.69) is 20.5 Å². The first-order chi connectivity index (χ1) is 16.7. The standard InChI is InChI=1S/C22H27F3N6O3S/c1-3-26-21(32)27-16-6-4-15(5-7-16)19-28-18-12-30(35(33)22(23,24)25)9-8-17(18)20(29-19)31-10-11-34-13-14(31)2/h4-7,14H,3,8-13H2,1-2H3,(H2,26,27,32)/t14-,35?/m0/s1. The van der Waals surface area contributed by atoms with Gasteiger partial charge in [0.15, 0.2) is 17.2 Å². The van der Waals surface area contributed by atoms with Gasteiger partial charge >= 0.3 is 11.5 Å². The van der Waals surface area contributed by atoms with E-state index in [9.17, 15) is 22.5 Å². The Morgan fingerprint density at radius 2 is 2.00 bits per heavy atom. The molecule has 35 heavy (non-hydrogen) atoms. The molecular formula is C22H27F3N6O3S. The van der Waals surface area contributed by atoms with Crippen molar-refractivity contribution in [2.24, 2.45) is 0 Å². The molecule has 2 amide bonds. The zero-order chi connectivity index (χ0) is 25.2. The van der Waals surface area contributed by atoms with Crippen molar-refractivity contribution in [3.8, 4) is 11.4 Å². The maximum Gasteiger partial charge on any atom is 0.593 e. The van der Waals surface area contributed by atoms with Crippen LogP contribution in [-0.2, 0) is 29.1 Å². The number of urea groups is 1. The van der Waals surface area contributed by atoms with E-state index in [4.69, 9.17) is 9.72 Å². The summed E-state index contributed by atoms with van der Waals surface area (Å²) < 4.78 is 57.8. The lowest BCUT2D eigenvalue weighted by atomic mass is 10.0. The number of rotatable bonds is 5. The van der Waals surface area contributed by atoms with Crippen molar-refractivity contribution in [1.29, 1.82) is 0 Å². The van der Waals surface area contributed by atoms with Gasteiger partial charge in [-0.05, 0) is 44.5 Å². The Hall–Kier alpha value is -2.61. The number of fused-ring (bicyclic) bond motifs is 1. The molecule has 0 spiro atoms. The molecule has 1 aromatic heterocycles. The molecule has 13 heteroatoms. The van der Waals surface area contributed by atoms with Crippen LogP contribution in [0.4, 0.5) is 29.5 Å². The Bertz CT molecular complexity index is 1060. The third-order valence-corrected chi connectivity index (χ3v) is 7.00. The molecule has 0 aliphatic carbocycles. The number of nitrogens with zero attached hydrogens (tertiary/aromatic N) is 4. The predicted molar refractivity (Wildman–Crippen MR) is 126 cm³/mol. The number of benzene rings is 1. The second-order valence-corrected chi connectivity index (χ2v) is 9.76. The number of nitrogens with one attached hydrogen (secondary N) is 2. The van der Waals surface area contributed by atoms with E-state index in [0.29, 0.717) is 54.9 Å². The molecule has 2 atom stereocenters. The van der Waals surface area contributed by atoms with E-state index in [1.165, 1.54) is 0 Å². The van der Waals surface area contributed by atoms with Crippen LogP contribution in [0.3, 0.4) is 0 Å². The van der Waals surface area contributed by atoms with Gasteiger partial charge in [-0.3, -0.25) is 0 Å². The summed E-state index contributed by atoms with van der Waals surface area (Å²) >= 11 is -3.12. The fourth-order valence-electron chi connectivity index (χ4n) is 4.12. The summed E-state index contributed by atoms with van der Waals surface area (Å²) in [6.07, 6.45) is 0.256. The van der Waals surface area contributed by atoms with Gasteiger partial charge in [0.25, 0.3) is 0 Å². The van der Waals surface area contributed by atoms with Crippen LogP contribution in [0, 0.1) is 0 Å². The molecule has 0 bridgehead atoms. The molecule has 2 aliphatic rings. The second-order valence-electron chi connectivity index (χ2n) is 8.28. The number of ether oxygens (including phenoxy) is 1. The molecule has 2 N–H and O–H groups in total. The lowest BCUT2D eigenvalue weighted by molar-refractivity contribution is -0.0492. The van der Waals surface area contributed by atoms with E-state index in [-0.39, 0.29) is 31.6 Å². The molecule has 1 fully saturated rings. The largest absolute Gasteiger partial charge is 0.593 e. The van der Waals surface area contributed by atoms with Crippen molar-refractivity contribution in [2.75, 3.05) is 43.1 Å². The molecule has 3 heterocycles. The first kappa shape index (κ1) is 25.5. The molecule has 9 nitrogen and oxygen atoms in total. The van der Waals surface area contributed by atoms with Crippen LogP contribution >= 0.6 is 0 Å². The fourth-order valence-corrected chi connectivity index (χ4v) is 4.91. The molecule has 2 aliphatic heterocycles. The van der Waals surface area contributed by atoms with Gasteiger partial charge in [-0.25, -0.2) is 14.8 Å². The van der Waals surface area contributed by atoms with Crippen LogP contribution < -0.4 is 15.5 Å². The Labute approximate surface area is 204 Å². The first-order valence-electron chi connectivity index (χ1n) is 11.3. The molecule has 2 aromatic rings. The highest BCUT2D eigenvalue weighted by Gasteiger charge is 2.50. The van der Waals surface area contributed by atoms with E-state index >= 15 is 0 Å². The number of carbonyl (C=O) groups is 1. The van der Waals surface area contributed by atoms with E-state index in [0.717, 1.165) is 9.87 Å². The number of anilines is 2. The minimum atomic E-state index is -4.83. The molecule has 0 radical (unpaired) electrons. The smallest absolute Gasteiger partial charge is 0.591 e. The van der Waals surface area contributed by atoms with Crippen molar-refractivity contribution in [3.05, 3.63) is 35.5 Å². The number of amides is 2. The first-order valence-corrected chi connectivity index (χ1v) is 12.4. The normalized spacial score (nSPS) is 19.7. The molecule has 4 rings (SSSR count). The van der Waals surface area contributed by atoms with Crippen molar-refractivity contribution in [1.82, 2.24) is 19.6 Å². The summed E-state index contributed by atoms with van der Waals surface area (Å²) in [6, 6.07) is 6.59. The number of morpholine rings is 1. The van der Waals surface area contributed by atoms with Gasteiger partial charge in [-0.1, -0.05) is 0 Å². The molecule has 1 unspecified atom stereocenters. The van der Waals surface area contributed by atoms with Crippen LogP contribution in [0.15, 0.2) is 24.3 Å². The Kier molecular flexibility index (Phi) is 7.69.